The number of fused-ring (bicyclic) bond motifs is 1. The molecule has 4 N–H and O–H groups in total. The van der Waals surface area contributed by atoms with Crippen molar-refractivity contribution in [3.05, 3.63) is 36.4 Å². The number of halogens is 1. The average molecular weight is 343 g/mol. The van der Waals surface area contributed by atoms with E-state index in [-0.39, 0.29) is 4.90 Å². The van der Waals surface area contributed by atoms with Gasteiger partial charge in [-0.15, -0.1) is 0 Å². The molecule has 122 valence electrons. The number of hydrogen-bond acceptors (Lipinski definition) is 4. The Bertz CT molecular complexity index is 715. The number of hydrogen-bond donors (Lipinski definition) is 2. The van der Waals surface area contributed by atoms with E-state index in [9.17, 15) is 8.42 Å². The van der Waals surface area contributed by atoms with Gasteiger partial charge in [-0.2, -0.15) is 0 Å². The molecule has 2 rings (SSSR count). The number of anilines is 1. The molecule has 6 heteroatoms. The Morgan fingerprint density at radius 3 is 2.18 bits per heavy atom. The van der Waals surface area contributed by atoms with Gasteiger partial charge in [0.25, 0.3) is 9.05 Å². The topological polar surface area (TPSA) is 86.2 Å². The van der Waals surface area contributed by atoms with E-state index in [4.69, 9.17) is 22.1 Å². The number of benzene rings is 2. The van der Waals surface area contributed by atoms with Crippen LogP contribution >= 0.6 is 10.7 Å². The standard InChI is InChI=1S/C10H8ClNO2S.C6H15N/c11-15(13,14)10-6-5-9(12)7-3-1-2-4-8(7)10;1-3-4-5-6(2)7/h1-6H,12H2;6H,3-5,7H2,1-2H3. The van der Waals surface area contributed by atoms with Crippen LogP contribution in [0.2, 0.25) is 0 Å². The van der Waals surface area contributed by atoms with Crippen LogP contribution in [0, 0.1) is 0 Å². The van der Waals surface area contributed by atoms with Gasteiger partial charge < -0.3 is 11.5 Å². The number of nitrogen functional groups attached to an aromatic ring is 1. The maximum absolute atomic E-state index is 11.3. The molecule has 0 aliphatic rings. The highest BCUT2D eigenvalue weighted by Crippen LogP contribution is 2.29. The maximum Gasteiger partial charge on any atom is 0.261 e. The summed E-state index contributed by atoms with van der Waals surface area (Å²) >= 11 is 0. The van der Waals surface area contributed by atoms with Crippen LogP contribution in [0.3, 0.4) is 0 Å². The van der Waals surface area contributed by atoms with Crippen LogP contribution in [0.4, 0.5) is 5.69 Å². The Morgan fingerprint density at radius 1 is 1.14 bits per heavy atom. The molecule has 4 nitrogen and oxygen atoms in total. The molecule has 0 saturated heterocycles. The lowest BCUT2D eigenvalue weighted by atomic mass is 10.1. The lowest BCUT2D eigenvalue weighted by molar-refractivity contribution is 0.610. The van der Waals surface area contributed by atoms with Gasteiger partial charge >= 0.3 is 0 Å². The predicted octanol–water partition coefficient (Wildman–Crippen LogP) is 3.87. The fourth-order valence-electron chi connectivity index (χ4n) is 2.03. The van der Waals surface area contributed by atoms with Gasteiger partial charge in [-0.05, 0) is 25.5 Å². The van der Waals surface area contributed by atoms with Gasteiger partial charge in [0.2, 0.25) is 0 Å². The second kappa shape index (κ2) is 8.36. The highest BCUT2D eigenvalue weighted by Gasteiger charge is 2.14. The van der Waals surface area contributed by atoms with E-state index in [2.05, 4.69) is 13.8 Å². The Morgan fingerprint density at radius 2 is 1.73 bits per heavy atom. The molecule has 0 amide bonds. The monoisotopic (exact) mass is 342 g/mol. The second-order valence-corrected chi connectivity index (χ2v) is 7.79. The minimum atomic E-state index is -3.73. The number of nitrogens with two attached hydrogens (primary N) is 2. The molecule has 0 aliphatic carbocycles. The van der Waals surface area contributed by atoms with Crippen molar-refractivity contribution in [2.45, 2.75) is 44.0 Å². The highest BCUT2D eigenvalue weighted by molar-refractivity contribution is 8.14. The minimum Gasteiger partial charge on any atom is -0.398 e. The van der Waals surface area contributed by atoms with Crippen LogP contribution in [0.15, 0.2) is 41.3 Å². The summed E-state index contributed by atoms with van der Waals surface area (Å²) in [6.45, 7) is 4.23. The van der Waals surface area contributed by atoms with Gasteiger partial charge in [-0.25, -0.2) is 8.42 Å². The van der Waals surface area contributed by atoms with E-state index < -0.39 is 9.05 Å². The lowest BCUT2D eigenvalue weighted by Crippen LogP contribution is -2.13. The van der Waals surface area contributed by atoms with Crippen LogP contribution in [-0.4, -0.2) is 14.5 Å². The summed E-state index contributed by atoms with van der Waals surface area (Å²) < 4.78 is 22.6. The maximum atomic E-state index is 11.3. The first kappa shape index (κ1) is 18.7. The van der Waals surface area contributed by atoms with Crippen LogP contribution < -0.4 is 11.5 Å². The molecule has 2 aromatic carbocycles. The van der Waals surface area contributed by atoms with Gasteiger partial charge in [-0.3, -0.25) is 0 Å². The van der Waals surface area contributed by atoms with Crippen LogP contribution in [0.25, 0.3) is 10.8 Å². The van der Waals surface area contributed by atoms with E-state index in [1.807, 2.05) is 0 Å². The third-order valence-electron chi connectivity index (χ3n) is 3.19. The van der Waals surface area contributed by atoms with Gasteiger partial charge in [0, 0.05) is 33.2 Å². The molecule has 1 unspecified atom stereocenters. The van der Waals surface area contributed by atoms with E-state index >= 15 is 0 Å². The van der Waals surface area contributed by atoms with Crippen molar-refractivity contribution < 1.29 is 8.42 Å². The first-order valence-corrected chi connectivity index (χ1v) is 9.55. The summed E-state index contributed by atoms with van der Waals surface area (Å²) in [6, 6.07) is 10.3. The van der Waals surface area contributed by atoms with Crippen molar-refractivity contribution in [1.82, 2.24) is 0 Å². The van der Waals surface area contributed by atoms with E-state index in [0.29, 0.717) is 22.5 Å². The predicted molar refractivity (Wildman–Crippen MR) is 94.6 cm³/mol. The SMILES string of the molecule is CCCCC(C)N.Nc1ccc(S(=O)(=O)Cl)c2ccccc12. The molecule has 0 saturated carbocycles. The summed E-state index contributed by atoms with van der Waals surface area (Å²) in [5, 5.41) is 1.24. The fourth-order valence-corrected chi connectivity index (χ4v) is 3.11. The van der Waals surface area contributed by atoms with Gasteiger partial charge in [-0.1, -0.05) is 44.0 Å². The molecule has 22 heavy (non-hydrogen) atoms. The van der Waals surface area contributed by atoms with Crippen LogP contribution in [0.1, 0.15) is 33.1 Å². The molecule has 1 atom stereocenters. The number of unbranched alkanes of at least 4 members (excludes halogenated alkanes) is 1. The van der Waals surface area contributed by atoms with Crippen LogP contribution in [0.5, 0.6) is 0 Å². The van der Waals surface area contributed by atoms with Crippen molar-refractivity contribution in [2.75, 3.05) is 5.73 Å². The smallest absolute Gasteiger partial charge is 0.261 e. The largest absolute Gasteiger partial charge is 0.398 e. The molecule has 0 radical (unpaired) electrons. The van der Waals surface area contributed by atoms with Crippen molar-refractivity contribution in [2.24, 2.45) is 5.73 Å². The van der Waals surface area contributed by atoms with Gasteiger partial charge in [0.1, 0.15) is 0 Å². The van der Waals surface area contributed by atoms with Crippen molar-refractivity contribution in [1.29, 1.82) is 0 Å². The summed E-state index contributed by atoms with van der Waals surface area (Å²) in [6.07, 6.45) is 3.72. The molecule has 0 aromatic heterocycles. The van der Waals surface area contributed by atoms with Gasteiger partial charge in [0.05, 0.1) is 4.90 Å². The summed E-state index contributed by atoms with van der Waals surface area (Å²) in [7, 11) is 1.59. The Balaban J connectivity index is 0.000000295. The summed E-state index contributed by atoms with van der Waals surface area (Å²) in [5.74, 6) is 0. The zero-order valence-corrected chi connectivity index (χ0v) is 14.5. The molecule has 0 bridgehead atoms. The zero-order chi connectivity index (χ0) is 16.8. The Labute approximate surface area is 136 Å². The third-order valence-corrected chi connectivity index (χ3v) is 4.57. The third kappa shape index (κ3) is 5.48. The van der Waals surface area contributed by atoms with Crippen molar-refractivity contribution in [3.8, 4) is 0 Å². The Hall–Kier alpha value is -1.30. The number of rotatable bonds is 4. The second-order valence-electron chi connectivity index (χ2n) is 5.26. The zero-order valence-electron chi connectivity index (χ0n) is 12.9. The molecule has 0 aliphatic heterocycles. The molecular formula is C16H23ClN2O2S. The molecule has 0 spiro atoms. The lowest BCUT2D eigenvalue weighted by Gasteiger charge is -2.05. The molecule has 0 heterocycles. The van der Waals surface area contributed by atoms with E-state index in [1.54, 1.807) is 24.3 Å². The first-order chi connectivity index (χ1) is 10.3. The Kier molecular flexibility index (Phi) is 7.13. The average Bonchev–Trinajstić information content (AvgIpc) is 2.45. The molecular weight excluding hydrogens is 320 g/mol. The van der Waals surface area contributed by atoms with Gasteiger partial charge in [0.15, 0.2) is 0 Å². The fraction of sp³-hybridized carbons (Fsp3) is 0.375. The van der Waals surface area contributed by atoms with Crippen LogP contribution in [-0.2, 0) is 9.05 Å². The van der Waals surface area contributed by atoms with E-state index in [1.165, 1.54) is 31.4 Å². The first-order valence-electron chi connectivity index (χ1n) is 7.24. The summed E-state index contributed by atoms with van der Waals surface area (Å²) in [4.78, 5) is 0.0916. The molecule has 2 aromatic rings. The minimum absolute atomic E-state index is 0.0916. The molecule has 0 fully saturated rings. The normalized spacial score (nSPS) is 12.5. The summed E-state index contributed by atoms with van der Waals surface area (Å²) in [5.41, 5.74) is 11.7. The van der Waals surface area contributed by atoms with Crippen molar-refractivity contribution >= 4 is 36.2 Å². The quantitative estimate of drug-likeness (QED) is 0.652. The van der Waals surface area contributed by atoms with Crippen molar-refractivity contribution in [3.63, 3.8) is 0 Å². The van der Waals surface area contributed by atoms with E-state index in [0.717, 1.165) is 0 Å². The highest BCUT2D eigenvalue weighted by atomic mass is 35.7.